The first-order chi connectivity index (χ1) is 18.5. The molecule has 0 saturated heterocycles. The Morgan fingerprint density at radius 2 is 1.55 bits per heavy atom. The number of halogens is 1. The van der Waals surface area contributed by atoms with Crippen LogP contribution in [0.2, 0.25) is 5.02 Å². The third kappa shape index (κ3) is 4.33. The molecule has 5 aromatic rings. The van der Waals surface area contributed by atoms with Gasteiger partial charge in [0.1, 0.15) is 5.82 Å². The van der Waals surface area contributed by atoms with E-state index in [0.29, 0.717) is 5.02 Å². The summed E-state index contributed by atoms with van der Waals surface area (Å²) < 4.78 is 0. The average molecular weight is 516 g/mol. The second-order valence-electron chi connectivity index (χ2n) is 9.56. The number of nitrogens with one attached hydrogen (secondary N) is 1. The summed E-state index contributed by atoms with van der Waals surface area (Å²) in [6.45, 7) is 2.08. The Morgan fingerprint density at radius 3 is 2.26 bits per heavy atom. The molecule has 1 aliphatic rings. The number of fused-ring (bicyclic) bond motifs is 4. The van der Waals surface area contributed by atoms with E-state index in [-0.39, 0.29) is 11.9 Å². The van der Waals surface area contributed by atoms with Crippen molar-refractivity contribution in [3.63, 3.8) is 0 Å². The third-order valence-corrected chi connectivity index (χ3v) is 7.48. The van der Waals surface area contributed by atoms with Gasteiger partial charge in [0.05, 0.1) is 11.6 Å². The predicted octanol–water partition coefficient (Wildman–Crippen LogP) is 8.05. The Balaban J connectivity index is 1.28. The number of rotatable bonds is 5. The van der Waals surface area contributed by atoms with E-state index in [2.05, 4.69) is 78.8 Å². The second-order valence-corrected chi connectivity index (χ2v) is 9.97. The van der Waals surface area contributed by atoms with Gasteiger partial charge in [0.15, 0.2) is 0 Å². The van der Waals surface area contributed by atoms with Crippen LogP contribution in [0.25, 0.3) is 28.1 Å². The van der Waals surface area contributed by atoms with Gasteiger partial charge in [0.25, 0.3) is 0 Å². The maximum Gasteiger partial charge on any atom is 0.248 e. The summed E-state index contributed by atoms with van der Waals surface area (Å²) in [5.41, 5.74) is 8.64. The molecule has 1 amide bonds. The van der Waals surface area contributed by atoms with Crippen LogP contribution in [0.1, 0.15) is 28.3 Å². The summed E-state index contributed by atoms with van der Waals surface area (Å²) in [4.78, 5) is 19.8. The molecule has 1 aromatic heterocycles. The summed E-state index contributed by atoms with van der Waals surface area (Å²) in [5, 5.41) is 4.56. The molecular formula is C33H26ClN3O. The van der Waals surface area contributed by atoms with E-state index in [0.717, 1.165) is 33.5 Å². The lowest BCUT2D eigenvalue weighted by Gasteiger charge is -2.28. The number of benzene rings is 4. The van der Waals surface area contributed by atoms with Gasteiger partial charge in [-0.15, -0.1) is 0 Å². The van der Waals surface area contributed by atoms with Gasteiger partial charge in [-0.2, -0.15) is 0 Å². The molecular weight excluding hydrogens is 490 g/mol. The maximum atomic E-state index is 12.5. The van der Waals surface area contributed by atoms with E-state index in [9.17, 15) is 4.79 Å². The highest BCUT2D eigenvalue weighted by Gasteiger charge is 2.31. The van der Waals surface area contributed by atoms with Crippen molar-refractivity contribution < 1.29 is 4.79 Å². The van der Waals surface area contributed by atoms with Gasteiger partial charge in [-0.25, -0.2) is 4.98 Å². The molecule has 4 nitrogen and oxygen atoms in total. The van der Waals surface area contributed by atoms with E-state index in [1.807, 2.05) is 36.4 Å². The van der Waals surface area contributed by atoms with Gasteiger partial charge < -0.3 is 10.2 Å². The first-order valence-electron chi connectivity index (χ1n) is 12.6. The zero-order valence-corrected chi connectivity index (χ0v) is 21.9. The minimum absolute atomic E-state index is 0.0928. The Hall–Kier alpha value is -4.41. The lowest BCUT2D eigenvalue weighted by atomic mass is 10.0. The number of pyridine rings is 1. The summed E-state index contributed by atoms with van der Waals surface area (Å²) in [5.74, 6) is 0.691. The fourth-order valence-electron chi connectivity index (χ4n) is 5.27. The first kappa shape index (κ1) is 24.0. The van der Waals surface area contributed by atoms with Crippen LogP contribution < -0.4 is 10.2 Å². The zero-order chi connectivity index (χ0) is 26.2. The van der Waals surface area contributed by atoms with Crippen molar-refractivity contribution in [1.29, 1.82) is 0 Å². The number of amides is 1. The van der Waals surface area contributed by atoms with E-state index in [1.54, 1.807) is 12.1 Å². The maximum absolute atomic E-state index is 12.5. The molecule has 1 heterocycles. The van der Waals surface area contributed by atoms with Crippen LogP contribution in [0.3, 0.4) is 0 Å². The standard InChI is InChI=1S/C33H26ClN3O/c1-21-19-31(37(2)33-26-12-6-4-10-24(26)25-11-5-7-13-27(25)33)36-30-17-16-23(20-28(21)30)35-32(38)18-15-22-9-3-8-14-29(22)34/h3-20,33H,1-2H3,(H,35,38). The minimum atomic E-state index is -0.218. The number of aryl methyl sites for hydroxylation is 1. The molecule has 4 aromatic carbocycles. The molecule has 0 bridgehead atoms. The second kappa shape index (κ2) is 9.81. The number of carbonyl (C=O) groups excluding carboxylic acids is 1. The largest absolute Gasteiger partial charge is 0.348 e. The molecule has 1 aliphatic carbocycles. The van der Waals surface area contributed by atoms with Crippen molar-refractivity contribution in [3.05, 3.63) is 130 Å². The average Bonchev–Trinajstić information content (AvgIpc) is 3.27. The first-order valence-corrected chi connectivity index (χ1v) is 12.9. The number of hydrogen-bond acceptors (Lipinski definition) is 3. The molecule has 0 atom stereocenters. The van der Waals surface area contributed by atoms with Crippen LogP contribution in [-0.2, 0) is 4.79 Å². The predicted molar refractivity (Wildman–Crippen MR) is 158 cm³/mol. The third-order valence-electron chi connectivity index (χ3n) is 7.14. The molecule has 0 radical (unpaired) electrons. The highest BCUT2D eigenvalue weighted by molar-refractivity contribution is 6.32. The number of hydrogen-bond donors (Lipinski definition) is 1. The topological polar surface area (TPSA) is 45.2 Å². The van der Waals surface area contributed by atoms with Crippen LogP contribution in [0.15, 0.2) is 103 Å². The molecule has 0 spiro atoms. The van der Waals surface area contributed by atoms with Crippen molar-refractivity contribution in [2.24, 2.45) is 0 Å². The summed E-state index contributed by atoms with van der Waals surface area (Å²) in [7, 11) is 2.11. The van der Waals surface area contributed by atoms with Gasteiger partial charge in [0, 0.05) is 29.2 Å². The van der Waals surface area contributed by atoms with E-state index < -0.39 is 0 Å². The van der Waals surface area contributed by atoms with Gasteiger partial charge >= 0.3 is 0 Å². The molecule has 0 unspecified atom stereocenters. The van der Waals surface area contributed by atoms with Crippen LogP contribution in [0.5, 0.6) is 0 Å². The lowest BCUT2D eigenvalue weighted by Crippen LogP contribution is -2.24. The van der Waals surface area contributed by atoms with Gasteiger partial charge in [-0.3, -0.25) is 4.79 Å². The zero-order valence-electron chi connectivity index (χ0n) is 21.2. The SMILES string of the molecule is Cc1cc(N(C)C2c3ccccc3-c3ccccc32)nc2ccc(NC(=O)C=Cc3ccccc3Cl)cc12. The molecule has 0 aliphatic heterocycles. The summed E-state index contributed by atoms with van der Waals surface area (Å²) in [6.07, 6.45) is 3.21. The normalized spacial score (nSPS) is 12.5. The van der Waals surface area contributed by atoms with Crippen molar-refractivity contribution >= 4 is 46.0 Å². The molecule has 38 heavy (non-hydrogen) atoms. The minimum Gasteiger partial charge on any atom is -0.348 e. The Kier molecular flexibility index (Phi) is 6.18. The van der Waals surface area contributed by atoms with E-state index in [1.165, 1.54) is 28.3 Å². The molecule has 0 saturated carbocycles. The fraction of sp³-hybridized carbons (Fsp3) is 0.0909. The highest BCUT2D eigenvalue weighted by Crippen LogP contribution is 2.46. The van der Waals surface area contributed by atoms with Gasteiger partial charge in [-0.05, 0) is 76.7 Å². The summed E-state index contributed by atoms with van der Waals surface area (Å²) in [6, 6.07) is 32.7. The van der Waals surface area contributed by atoms with Crippen molar-refractivity contribution in [1.82, 2.24) is 4.98 Å². The van der Waals surface area contributed by atoms with Crippen molar-refractivity contribution in [3.8, 4) is 11.1 Å². The lowest BCUT2D eigenvalue weighted by molar-refractivity contribution is -0.111. The van der Waals surface area contributed by atoms with Crippen LogP contribution in [-0.4, -0.2) is 17.9 Å². The Labute approximate surface area is 227 Å². The number of carbonyl (C=O) groups is 1. The summed E-state index contributed by atoms with van der Waals surface area (Å²) >= 11 is 6.18. The Bertz CT molecular complexity index is 1680. The number of anilines is 2. The van der Waals surface area contributed by atoms with Crippen LogP contribution in [0, 0.1) is 6.92 Å². The molecule has 186 valence electrons. The van der Waals surface area contributed by atoms with Crippen LogP contribution >= 0.6 is 11.6 Å². The van der Waals surface area contributed by atoms with Crippen LogP contribution in [0.4, 0.5) is 11.5 Å². The molecule has 6 rings (SSSR count). The van der Waals surface area contributed by atoms with Gasteiger partial charge in [-0.1, -0.05) is 78.3 Å². The Morgan fingerprint density at radius 1 is 0.895 bits per heavy atom. The van der Waals surface area contributed by atoms with Gasteiger partial charge in [0.2, 0.25) is 5.91 Å². The quantitative estimate of drug-likeness (QED) is 0.241. The smallest absolute Gasteiger partial charge is 0.248 e. The van der Waals surface area contributed by atoms with Crippen molar-refractivity contribution in [2.75, 3.05) is 17.3 Å². The van der Waals surface area contributed by atoms with E-state index in [4.69, 9.17) is 16.6 Å². The fourth-order valence-corrected chi connectivity index (χ4v) is 5.47. The highest BCUT2D eigenvalue weighted by atomic mass is 35.5. The number of aromatic nitrogens is 1. The van der Waals surface area contributed by atoms with E-state index >= 15 is 0 Å². The molecule has 0 fully saturated rings. The number of nitrogens with zero attached hydrogens (tertiary/aromatic N) is 2. The molecule has 5 heteroatoms. The molecule has 1 N–H and O–H groups in total. The monoisotopic (exact) mass is 515 g/mol. The van der Waals surface area contributed by atoms with Crippen molar-refractivity contribution in [2.45, 2.75) is 13.0 Å².